The highest BCUT2D eigenvalue weighted by Gasteiger charge is 2.32. The number of hydrogen-bond acceptors (Lipinski definition) is 4. The molecule has 0 saturated carbocycles. The van der Waals surface area contributed by atoms with Crippen LogP contribution in [0.25, 0.3) is 0 Å². The Bertz CT molecular complexity index is 265. The number of nitrogens with zero attached hydrogens (tertiary/aromatic N) is 1. The van der Waals surface area contributed by atoms with Crippen LogP contribution < -0.4 is 5.32 Å². The van der Waals surface area contributed by atoms with Gasteiger partial charge in [0.15, 0.2) is 0 Å². The molecule has 86 valence electrons. The lowest BCUT2D eigenvalue weighted by atomic mass is 10.0. The SMILES string of the molecule is CC(O)C(C)NC1CCC(=O)N(C)C1=O. The fraction of sp³-hybridized carbons (Fsp3) is 0.800. The monoisotopic (exact) mass is 214 g/mol. The van der Waals surface area contributed by atoms with Gasteiger partial charge in [-0.15, -0.1) is 0 Å². The van der Waals surface area contributed by atoms with E-state index in [4.69, 9.17) is 0 Å². The maximum atomic E-state index is 11.7. The van der Waals surface area contributed by atoms with Crippen LogP contribution in [0.15, 0.2) is 0 Å². The summed E-state index contributed by atoms with van der Waals surface area (Å²) in [6.07, 6.45) is 0.381. The summed E-state index contributed by atoms with van der Waals surface area (Å²) in [5, 5.41) is 12.3. The van der Waals surface area contributed by atoms with Gasteiger partial charge in [0, 0.05) is 19.5 Å². The summed E-state index contributed by atoms with van der Waals surface area (Å²) in [5.41, 5.74) is 0. The smallest absolute Gasteiger partial charge is 0.246 e. The van der Waals surface area contributed by atoms with Gasteiger partial charge in [-0.25, -0.2) is 0 Å². The first-order valence-corrected chi connectivity index (χ1v) is 5.18. The molecule has 1 aliphatic heterocycles. The van der Waals surface area contributed by atoms with Gasteiger partial charge in [0.1, 0.15) is 0 Å². The normalized spacial score (nSPS) is 26.7. The van der Waals surface area contributed by atoms with Crippen LogP contribution in [0.4, 0.5) is 0 Å². The van der Waals surface area contributed by atoms with Crippen molar-refractivity contribution in [1.82, 2.24) is 10.2 Å². The van der Waals surface area contributed by atoms with Crippen LogP contribution in [0, 0.1) is 0 Å². The van der Waals surface area contributed by atoms with Gasteiger partial charge in [0.25, 0.3) is 0 Å². The van der Waals surface area contributed by atoms with Gasteiger partial charge in [-0.05, 0) is 20.3 Å². The number of aliphatic hydroxyl groups excluding tert-OH is 1. The van der Waals surface area contributed by atoms with E-state index >= 15 is 0 Å². The van der Waals surface area contributed by atoms with Crippen LogP contribution >= 0.6 is 0 Å². The summed E-state index contributed by atoms with van der Waals surface area (Å²) in [6, 6.07) is -0.502. The molecule has 0 aliphatic carbocycles. The molecule has 15 heavy (non-hydrogen) atoms. The van der Waals surface area contributed by atoms with Crippen molar-refractivity contribution in [2.75, 3.05) is 7.05 Å². The summed E-state index contributed by atoms with van der Waals surface area (Å²) in [4.78, 5) is 24.0. The molecule has 5 nitrogen and oxygen atoms in total. The number of rotatable bonds is 3. The van der Waals surface area contributed by atoms with Gasteiger partial charge in [0.05, 0.1) is 12.1 Å². The van der Waals surface area contributed by atoms with Gasteiger partial charge < -0.3 is 10.4 Å². The minimum absolute atomic E-state index is 0.136. The number of hydrogen-bond donors (Lipinski definition) is 2. The van der Waals surface area contributed by atoms with Crippen molar-refractivity contribution < 1.29 is 14.7 Å². The Labute approximate surface area is 89.4 Å². The molecule has 0 aromatic carbocycles. The molecule has 1 rings (SSSR count). The van der Waals surface area contributed by atoms with E-state index in [-0.39, 0.29) is 23.9 Å². The number of carbonyl (C=O) groups excluding carboxylic acids is 2. The van der Waals surface area contributed by atoms with Crippen molar-refractivity contribution in [3.8, 4) is 0 Å². The molecular formula is C10H18N2O3. The molecule has 2 amide bonds. The van der Waals surface area contributed by atoms with Crippen LogP contribution in [-0.2, 0) is 9.59 Å². The highest BCUT2D eigenvalue weighted by molar-refractivity contribution is 6.00. The number of nitrogens with one attached hydrogen (secondary N) is 1. The Hall–Kier alpha value is -0.940. The molecule has 5 heteroatoms. The molecule has 1 fully saturated rings. The number of likely N-dealkylation sites (N-methyl/N-ethyl adjacent to an activating group) is 1. The average molecular weight is 214 g/mol. The van der Waals surface area contributed by atoms with Crippen LogP contribution in [0.1, 0.15) is 26.7 Å². The highest BCUT2D eigenvalue weighted by atomic mass is 16.3. The molecule has 0 aromatic rings. The zero-order valence-electron chi connectivity index (χ0n) is 9.36. The summed E-state index contributed by atoms with van der Waals surface area (Å²) in [6.45, 7) is 3.48. The Morgan fingerprint density at radius 3 is 2.60 bits per heavy atom. The fourth-order valence-electron chi connectivity index (χ4n) is 1.53. The average Bonchev–Trinajstić information content (AvgIpc) is 2.18. The second-order valence-corrected chi connectivity index (χ2v) is 4.08. The Balaban J connectivity index is 2.57. The molecular weight excluding hydrogens is 196 g/mol. The molecule has 0 bridgehead atoms. The summed E-state index contributed by atoms with van der Waals surface area (Å²) in [5.74, 6) is -0.346. The van der Waals surface area contributed by atoms with Crippen molar-refractivity contribution in [3.63, 3.8) is 0 Å². The summed E-state index contributed by atoms with van der Waals surface area (Å²) >= 11 is 0. The van der Waals surface area contributed by atoms with E-state index in [2.05, 4.69) is 5.32 Å². The third-order valence-corrected chi connectivity index (χ3v) is 2.84. The molecule has 2 N–H and O–H groups in total. The van der Waals surface area contributed by atoms with Crippen molar-refractivity contribution >= 4 is 11.8 Å². The summed E-state index contributed by atoms with van der Waals surface area (Å²) < 4.78 is 0. The zero-order chi connectivity index (χ0) is 11.6. The van der Waals surface area contributed by atoms with Crippen molar-refractivity contribution in [2.45, 2.75) is 44.9 Å². The largest absolute Gasteiger partial charge is 0.392 e. The maximum Gasteiger partial charge on any atom is 0.246 e. The zero-order valence-corrected chi connectivity index (χ0v) is 9.36. The topological polar surface area (TPSA) is 69.6 Å². The first-order chi connectivity index (χ1) is 6.93. The second kappa shape index (κ2) is 4.72. The lowest BCUT2D eigenvalue weighted by Gasteiger charge is -2.31. The van der Waals surface area contributed by atoms with Crippen LogP contribution in [-0.4, -0.2) is 47.1 Å². The Morgan fingerprint density at radius 2 is 2.07 bits per heavy atom. The molecule has 0 aromatic heterocycles. The predicted molar refractivity (Wildman–Crippen MR) is 55.1 cm³/mol. The number of aliphatic hydroxyl groups is 1. The lowest BCUT2D eigenvalue weighted by molar-refractivity contribution is -0.148. The van der Waals surface area contributed by atoms with Crippen molar-refractivity contribution in [1.29, 1.82) is 0 Å². The van der Waals surface area contributed by atoms with Crippen molar-refractivity contribution in [2.24, 2.45) is 0 Å². The number of amides is 2. The molecule has 3 unspecified atom stereocenters. The van der Waals surface area contributed by atoms with Gasteiger partial charge in [0.2, 0.25) is 11.8 Å². The minimum Gasteiger partial charge on any atom is -0.392 e. The Morgan fingerprint density at radius 1 is 1.47 bits per heavy atom. The van der Waals surface area contributed by atoms with Crippen molar-refractivity contribution in [3.05, 3.63) is 0 Å². The standard InChI is InChI=1S/C10H18N2O3/c1-6(7(2)13)11-8-4-5-9(14)12(3)10(8)15/h6-8,11,13H,4-5H2,1-3H3. The van der Waals surface area contributed by atoms with Crippen LogP contribution in [0.2, 0.25) is 0 Å². The quantitative estimate of drug-likeness (QED) is 0.621. The number of imide groups is 1. The number of carbonyl (C=O) groups is 2. The van der Waals surface area contributed by atoms with Gasteiger partial charge in [-0.2, -0.15) is 0 Å². The van der Waals surface area contributed by atoms with E-state index in [1.807, 2.05) is 6.92 Å². The lowest BCUT2D eigenvalue weighted by Crippen LogP contribution is -2.55. The van der Waals surface area contributed by atoms with E-state index in [1.165, 1.54) is 7.05 Å². The predicted octanol–water partition coefficient (Wildman–Crippen LogP) is -0.507. The van der Waals surface area contributed by atoms with E-state index in [0.29, 0.717) is 12.8 Å². The number of piperidine rings is 1. The van der Waals surface area contributed by atoms with E-state index in [0.717, 1.165) is 4.90 Å². The third-order valence-electron chi connectivity index (χ3n) is 2.84. The van der Waals surface area contributed by atoms with E-state index in [1.54, 1.807) is 6.92 Å². The maximum absolute atomic E-state index is 11.7. The van der Waals surface area contributed by atoms with E-state index < -0.39 is 6.10 Å². The first-order valence-electron chi connectivity index (χ1n) is 5.18. The molecule has 0 radical (unpaired) electrons. The molecule has 1 aliphatic rings. The fourth-order valence-corrected chi connectivity index (χ4v) is 1.53. The second-order valence-electron chi connectivity index (χ2n) is 4.08. The van der Waals surface area contributed by atoms with E-state index in [9.17, 15) is 14.7 Å². The molecule has 3 atom stereocenters. The minimum atomic E-state index is -0.513. The van der Waals surface area contributed by atoms with Gasteiger partial charge in [-0.3, -0.25) is 14.5 Å². The van der Waals surface area contributed by atoms with Crippen LogP contribution in [0.5, 0.6) is 0 Å². The first kappa shape index (κ1) is 12.1. The van der Waals surface area contributed by atoms with Gasteiger partial charge in [-0.1, -0.05) is 0 Å². The summed E-state index contributed by atoms with van der Waals surface area (Å²) in [7, 11) is 1.49. The van der Waals surface area contributed by atoms with Crippen LogP contribution in [0.3, 0.4) is 0 Å². The molecule has 1 saturated heterocycles. The molecule has 1 heterocycles. The third kappa shape index (κ3) is 2.76. The number of likely N-dealkylation sites (tertiary alicyclic amines) is 1. The highest BCUT2D eigenvalue weighted by Crippen LogP contribution is 2.12. The Kier molecular flexibility index (Phi) is 3.82. The molecule has 0 spiro atoms. The van der Waals surface area contributed by atoms with Gasteiger partial charge >= 0.3 is 0 Å².